The number of rotatable bonds is 6. The second-order valence-corrected chi connectivity index (χ2v) is 8.20. The average molecular weight is 368 g/mol. The first-order valence-corrected chi connectivity index (χ1v) is 9.87. The Morgan fingerprint density at radius 3 is 2.82 bits per heavy atom. The van der Waals surface area contributed by atoms with Crippen LogP contribution in [0.4, 0.5) is 0 Å². The van der Waals surface area contributed by atoms with Crippen LogP contribution in [-0.2, 0) is 18.6 Å². The third-order valence-electron chi connectivity index (χ3n) is 3.02. The van der Waals surface area contributed by atoms with E-state index in [0.29, 0.717) is 0 Å². The van der Waals surface area contributed by atoms with Gasteiger partial charge in [-0.1, -0.05) is 41.6 Å². The lowest BCUT2D eigenvalue weighted by atomic mass is 10.2. The maximum absolute atomic E-state index is 6.01. The normalized spacial score (nSPS) is 11.0. The first-order valence-electron chi connectivity index (χ1n) is 6.64. The molecule has 7 heteroatoms. The lowest BCUT2D eigenvalue weighted by molar-refractivity contribution is 0.761. The van der Waals surface area contributed by atoms with E-state index >= 15 is 0 Å². The molecule has 0 spiro atoms. The van der Waals surface area contributed by atoms with Crippen LogP contribution in [0.1, 0.15) is 11.4 Å². The molecule has 0 amide bonds. The van der Waals surface area contributed by atoms with Gasteiger partial charge in [0.1, 0.15) is 5.82 Å². The minimum atomic E-state index is 0.768. The standard InChI is InChI=1S/C15H14ClN3S3/c1-19-13(10-21-14-6-3-7-20-14)17-18-15(19)22-9-11-4-2-5-12(16)8-11/h2-8H,9-10H2,1H3. The molecule has 1 aromatic carbocycles. The van der Waals surface area contributed by atoms with Crippen molar-refractivity contribution in [1.29, 1.82) is 0 Å². The van der Waals surface area contributed by atoms with Crippen LogP contribution in [0.5, 0.6) is 0 Å². The molecule has 114 valence electrons. The van der Waals surface area contributed by atoms with Gasteiger partial charge in [-0.05, 0) is 29.1 Å². The van der Waals surface area contributed by atoms with Gasteiger partial charge in [0.05, 0.1) is 9.96 Å². The van der Waals surface area contributed by atoms with Crippen LogP contribution in [0.3, 0.4) is 0 Å². The zero-order chi connectivity index (χ0) is 15.4. The molecule has 2 heterocycles. The number of thiophene rings is 1. The molecule has 0 fully saturated rings. The predicted octanol–water partition coefficient (Wildman–Crippen LogP) is 5.11. The predicted molar refractivity (Wildman–Crippen MR) is 95.9 cm³/mol. The van der Waals surface area contributed by atoms with E-state index in [1.807, 2.05) is 25.2 Å². The number of halogens is 1. The van der Waals surface area contributed by atoms with E-state index in [1.54, 1.807) is 34.9 Å². The van der Waals surface area contributed by atoms with Gasteiger partial charge in [-0.25, -0.2) is 0 Å². The Morgan fingerprint density at radius 1 is 1.14 bits per heavy atom. The van der Waals surface area contributed by atoms with E-state index in [4.69, 9.17) is 11.6 Å². The third-order valence-corrected chi connectivity index (χ3v) is 6.47. The van der Waals surface area contributed by atoms with Crippen LogP contribution in [0, 0.1) is 0 Å². The summed E-state index contributed by atoms with van der Waals surface area (Å²) in [4.78, 5) is 0. The second kappa shape index (κ2) is 7.55. The summed E-state index contributed by atoms with van der Waals surface area (Å²) >= 11 is 11.2. The van der Waals surface area contributed by atoms with Gasteiger partial charge >= 0.3 is 0 Å². The van der Waals surface area contributed by atoms with Crippen molar-refractivity contribution in [2.45, 2.75) is 20.9 Å². The maximum atomic E-state index is 6.01. The van der Waals surface area contributed by atoms with E-state index in [9.17, 15) is 0 Å². The Kier molecular flexibility index (Phi) is 5.46. The van der Waals surface area contributed by atoms with Crippen LogP contribution in [0.2, 0.25) is 5.02 Å². The fraction of sp³-hybridized carbons (Fsp3) is 0.200. The zero-order valence-corrected chi connectivity index (χ0v) is 15.1. The van der Waals surface area contributed by atoms with Crippen molar-refractivity contribution in [3.05, 3.63) is 58.2 Å². The topological polar surface area (TPSA) is 30.7 Å². The van der Waals surface area contributed by atoms with Crippen LogP contribution in [0.15, 0.2) is 51.1 Å². The van der Waals surface area contributed by atoms with Crippen molar-refractivity contribution >= 4 is 46.5 Å². The summed E-state index contributed by atoms with van der Waals surface area (Å²) < 4.78 is 3.37. The van der Waals surface area contributed by atoms with Gasteiger partial charge in [-0.3, -0.25) is 0 Å². The zero-order valence-electron chi connectivity index (χ0n) is 11.9. The molecule has 2 aromatic heterocycles. The number of benzene rings is 1. The van der Waals surface area contributed by atoms with Gasteiger partial charge in [0, 0.05) is 17.8 Å². The molecule has 0 aliphatic heterocycles. The van der Waals surface area contributed by atoms with Crippen LogP contribution in [-0.4, -0.2) is 14.8 Å². The Hall–Kier alpha value is -0.950. The number of hydrogen-bond acceptors (Lipinski definition) is 5. The molecule has 0 N–H and O–H groups in total. The summed E-state index contributed by atoms with van der Waals surface area (Å²) in [6.45, 7) is 0. The molecule has 0 radical (unpaired) electrons. The molecule has 3 aromatic rings. The van der Waals surface area contributed by atoms with Crippen molar-refractivity contribution < 1.29 is 0 Å². The van der Waals surface area contributed by atoms with E-state index in [2.05, 4.69) is 38.3 Å². The molecule has 0 saturated carbocycles. The molecule has 0 bridgehead atoms. The van der Waals surface area contributed by atoms with Crippen molar-refractivity contribution in [3.8, 4) is 0 Å². The van der Waals surface area contributed by atoms with Crippen LogP contribution >= 0.6 is 46.5 Å². The summed E-state index contributed by atoms with van der Waals surface area (Å²) in [7, 11) is 2.02. The maximum Gasteiger partial charge on any atom is 0.191 e. The lowest BCUT2D eigenvalue weighted by Crippen LogP contribution is -1.97. The quantitative estimate of drug-likeness (QED) is 0.566. The second-order valence-electron chi connectivity index (χ2n) is 4.60. The largest absolute Gasteiger partial charge is 0.308 e. The summed E-state index contributed by atoms with van der Waals surface area (Å²) in [5.41, 5.74) is 1.19. The highest BCUT2D eigenvalue weighted by molar-refractivity contribution is 8.00. The van der Waals surface area contributed by atoms with Gasteiger partial charge in [-0.2, -0.15) is 0 Å². The number of nitrogens with zero attached hydrogens (tertiary/aromatic N) is 3. The molecular weight excluding hydrogens is 354 g/mol. The molecule has 3 rings (SSSR count). The van der Waals surface area contributed by atoms with E-state index in [0.717, 1.165) is 27.5 Å². The van der Waals surface area contributed by atoms with Crippen molar-refractivity contribution in [2.24, 2.45) is 7.05 Å². The van der Waals surface area contributed by atoms with Crippen molar-refractivity contribution in [3.63, 3.8) is 0 Å². The Bertz CT molecular complexity index is 740. The van der Waals surface area contributed by atoms with Crippen molar-refractivity contribution in [1.82, 2.24) is 14.8 Å². The molecule has 3 nitrogen and oxygen atoms in total. The molecule has 0 aliphatic carbocycles. The van der Waals surface area contributed by atoms with Gasteiger partial charge in [0.25, 0.3) is 0 Å². The van der Waals surface area contributed by atoms with E-state index in [-0.39, 0.29) is 0 Å². The summed E-state index contributed by atoms with van der Waals surface area (Å²) in [6.07, 6.45) is 0. The average Bonchev–Trinajstić information content (AvgIpc) is 3.14. The first-order chi connectivity index (χ1) is 10.7. The molecular formula is C15H14ClN3S3. The van der Waals surface area contributed by atoms with Crippen LogP contribution < -0.4 is 0 Å². The molecule has 22 heavy (non-hydrogen) atoms. The van der Waals surface area contributed by atoms with Crippen molar-refractivity contribution in [2.75, 3.05) is 0 Å². The smallest absolute Gasteiger partial charge is 0.191 e. The summed E-state index contributed by atoms with van der Waals surface area (Å²) in [5.74, 6) is 2.67. The Balaban J connectivity index is 1.60. The lowest BCUT2D eigenvalue weighted by Gasteiger charge is -2.04. The monoisotopic (exact) mass is 367 g/mol. The number of aromatic nitrogens is 3. The minimum absolute atomic E-state index is 0.768. The van der Waals surface area contributed by atoms with Gasteiger partial charge in [-0.15, -0.1) is 33.3 Å². The Morgan fingerprint density at radius 2 is 2.05 bits per heavy atom. The summed E-state index contributed by atoms with van der Waals surface area (Å²) in [6, 6.07) is 12.1. The first kappa shape index (κ1) is 15.9. The van der Waals surface area contributed by atoms with Gasteiger partial charge in [0.2, 0.25) is 0 Å². The highest BCUT2D eigenvalue weighted by Gasteiger charge is 2.10. The van der Waals surface area contributed by atoms with E-state index < -0.39 is 0 Å². The fourth-order valence-electron chi connectivity index (χ4n) is 1.85. The van der Waals surface area contributed by atoms with Gasteiger partial charge in [0.15, 0.2) is 5.16 Å². The molecule has 0 aliphatic rings. The Labute approximate surface area is 147 Å². The van der Waals surface area contributed by atoms with Crippen LogP contribution in [0.25, 0.3) is 0 Å². The minimum Gasteiger partial charge on any atom is -0.308 e. The number of thioether (sulfide) groups is 2. The fourth-order valence-corrected chi connectivity index (χ4v) is 4.70. The summed E-state index contributed by atoms with van der Waals surface area (Å²) in [5, 5.41) is 12.4. The van der Waals surface area contributed by atoms with Gasteiger partial charge < -0.3 is 4.57 Å². The molecule has 0 unspecified atom stereocenters. The highest BCUT2D eigenvalue weighted by atomic mass is 35.5. The number of hydrogen-bond donors (Lipinski definition) is 0. The highest BCUT2D eigenvalue weighted by Crippen LogP contribution is 2.28. The third kappa shape index (κ3) is 4.07. The SMILES string of the molecule is Cn1c(CSc2cccs2)nnc1SCc1cccc(Cl)c1. The molecule has 0 atom stereocenters. The van der Waals surface area contributed by atoms with E-state index in [1.165, 1.54) is 9.77 Å². The molecule has 0 saturated heterocycles.